The van der Waals surface area contributed by atoms with E-state index in [1.165, 1.54) is 6.07 Å². The van der Waals surface area contributed by atoms with Crippen LogP contribution in [0.2, 0.25) is 0 Å². The van der Waals surface area contributed by atoms with E-state index in [2.05, 4.69) is 0 Å². The van der Waals surface area contributed by atoms with Crippen molar-refractivity contribution >= 4 is 15.8 Å². The summed E-state index contributed by atoms with van der Waals surface area (Å²) < 4.78 is 29.6. The van der Waals surface area contributed by atoms with Gasteiger partial charge in [-0.2, -0.15) is 8.42 Å². The Labute approximate surface area is 121 Å². The zero-order valence-electron chi connectivity index (χ0n) is 11.0. The quantitative estimate of drug-likeness (QED) is 0.500. The van der Waals surface area contributed by atoms with Gasteiger partial charge in [-0.1, -0.05) is 24.3 Å². The zero-order valence-corrected chi connectivity index (χ0v) is 11.8. The Bertz CT molecular complexity index is 721. The van der Waals surface area contributed by atoms with Crippen molar-refractivity contribution in [3.8, 4) is 5.75 Å². The Morgan fingerprint density at radius 3 is 2.14 bits per heavy atom. The number of non-ortho nitro benzene ring substituents is 1. The molecule has 0 radical (unpaired) electrons. The van der Waals surface area contributed by atoms with Gasteiger partial charge in [0.05, 0.1) is 4.92 Å². The fraction of sp³-hybridized carbons (Fsp3) is 0.0769. The molecule has 0 aliphatic rings. The van der Waals surface area contributed by atoms with Crippen molar-refractivity contribution in [1.29, 1.82) is 0 Å². The van der Waals surface area contributed by atoms with E-state index in [1.807, 2.05) is 25.1 Å². The highest BCUT2D eigenvalue weighted by atomic mass is 32.2. The minimum Gasteiger partial charge on any atom is -0.508 e. The molecule has 0 aliphatic heterocycles. The van der Waals surface area contributed by atoms with E-state index in [1.54, 1.807) is 6.07 Å². The highest BCUT2D eigenvalue weighted by Gasteiger charge is 2.13. The average Bonchev–Trinajstić information content (AvgIpc) is 2.42. The maximum absolute atomic E-state index is 10.5. The van der Waals surface area contributed by atoms with Crippen LogP contribution in [-0.4, -0.2) is 23.0 Å². The third-order valence-electron chi connectivity index (χ3n) is 2.44. The number of nitrogens with zero attached hydrogens (tertiary/aromatic N) is 1. The lowest BCUT2D eigenvalue weighted by Crippen LogP contribution is -1.98. The standard InChI is InChI=1S/C7H8O.C6H5NO5S/c1-6-4-2-3-5-7(6)8;8-7(9)5-2-1-3-6(4-5)13(10,11)12/h2-5,8H,1H3;1-4H,(H,10,11,12). The zero-order chi connectivity index (χ0) is 16.0. The van der Waals surface area contributed by atoms with Crippen LogP contribution in [0.5, 0.6) is 5.75 Å². The van der Waals surface area contributed by atoms with Gasteiger partial charge in [-0.05, 0) is 24.6 Å². The van der Waals surface area contributed by atoms with Gasteiger partial charge in [0.2, 0.25) is 0 Å². The number of para-hydroxylation sites is 1. The molecule has 0 bridgehead atoms. The monoisotopic (exact) mass is 311 g/mol. The van der Waals surface area contributed by atoms with Gasteiger partial charge in [-0.3, -0.25) is 14.7 Å². The molecule has 8 heteroatoms. The van der Waals surface area contributed by atoms with E-state index in [0.29, 0.717) is 5.75 Å². The molecule has 0 aromatic heterocycles. The van der Waals surface area contributed by atoms with Gasteiger partial charge in [0.1, 0.15) is 10.6 Å². The fourth-order valence-corrected chi connectivity index (χ4v) is 1.84. The van der Waals surface area contributed by atoms with Crippen LogP contribution in [0.15, 0.2) is 53.4 Å². The van der Waals surface area contributed by atoms with E-state index in [4.69, 9.17) is 9.66 Å². The highest BCUT2D eigenvalue weighted by molar-refractivity contribution is 7.85. The minimum atomic E-state index is -4.36. The smallest absolute Gasteiger partial charge is 0.294 e. The van der Waals surface area contributed by atoms with Crippen molar-refractivity contribution in [1.82, 2.24) is 0 Å². The Morgan fingerprint density at radius 1 is 1.10 bits per heavy atom. The maximum atomic E-state index is 10.5. The van der Waals surface area contributed by atoms with Crippen LogP contribution in [0, 0.1) is 17.0 Å². The molecular formula is C13H13NO6S. The summed E-state index contributed by atoms with van der Waals surface area (Å²) in [6, 6.07) is 11.4. The molecule has 7 nitrogen and oxygen atoms in total. The summed E-state index contributed by atoms with van der Waals surface area (Å²) in [5, 5.41) is 19.1. The van der Waals surface area contributed by atoms with Gasteiger partial charge < -0.3 is 5.11 Å². The van der Waals surface area contributed by atoms with Crippen molar-refractivity contribution in [3.63, 3.8) is 0 Å². The van der Waals surface area contributed by atoms with Crippen LogP contribution in [0.3, 0.4) is 0 Å². The van der Waals surface area contributed by atoms with Gasteiger partial charge in [-0.25, -0.2) is 0 Å². The number of rotatable bonds is 2. The summed E-state index contributed by atoms with van der Waals surface area (Å²) in [4.78, 5) is 8.98. The van der Waals surface area contributed by atoms with Gasteiger partial charge in [0.25, 0.3) is 15.8 Å². The lowest BCUT2D eigenvalue weighted by molar-refractivity contribution is -0.385. The van der Waals surface area contributed by atoms with E-state index in [-0.39, 0.29) is 5.69 Å². The molecule has 0 unspecified atom stereocenters. The summed E-state index contributed by atoms with van der Waals surface area (Å²) in [5.74, 6) is 0.368. The molecule has 0 aliphatic carbocycles. The molecule has 21 heavy (non-hydrogen) atoms. The molecule has 112 valence electrons. The number of nitro groups is 1. The van der Waals surface area contributed by atoms with Crippen LogP contribution in [-0.2, 0) is 10.1 Å². The largest absolute Gasteiger partial charge is 0.508 e. The first-order valence-corrected chi connectivity index (χ1v) is 7.12. The van der Waals surface area contributed by atoms with Crippen molar-refractivity contribution in [2.45, 2.75) is 11.8 Å². The van der Waals surface area contributed by atoms with Crippen LogP contribution in [0.4, 0.5) is 5.69 Å². The SMILES string of the molecule is Cc1ccccc1O.O=[N+]([O-])c1cccc(S(=O)(=O)O)c1. The normalized spacial score (nSPS) is 10.4. The molecule has 2 rings (SSSR count). The summed E-state index contributed by atoms with van der Waals surface area (Å²) in [6.45, 7) is 1.87. The van der Waals surface area contributed by atoms with Crippen molar-refractivity contribution in [2.24, 2.45) is 0 Å². The van der Waals surface area contributed by atoms with Gasteiger partial charge in [-0.15, -0.1) is 0 Å². The second-order valence-electron chi connectivity index (χ2n) is 4.02. The highest BCUT2D eigenvalue weighted by Crippen LogP contribution is 2.16. The van der Waals surface area contributed by atoms with Crippen LogP contribution >= 0.6 is 0 Å². The average molecular weight is 311 g/mol. The lowest BCUT2D eigenvalue weighted by atomic mass is 10.2. The number of hydrogen-bond acceptors (Lipinski definition) is 5. The number of aryl methyl sites for hydroxylation is 1. The first kappa shape index (κ1) is 16.6. The molecular weight excluding hydrogens is 298 g/mol. The van der Waals surface area contributed by atoms with Crippen molar-refractivity contribution in [2.75, 3.05) is 0 Å². The molecule has 2 aromatic rings. The van der Waals surface area contributed by atoms with E-state index in [9.17, 15) is 18.5 Å². The number of benzene rings is 2. The van der Waals surface area contributed by atoms with Crippen molar-refractivity contribution < 1.29 is 23.0 Å². The third kappa shape index (κ3) is 5.21. The topological polar surface area (TPSA) is 118 Å². The van der Waals surface area contributed by atoms with Gasteiger partial charge in [0, 0.05) is 12.1 Å². The second-order valence-corrected chi connectivity index (χ2v) is 5.44. The Kier molecular flexibility index (Phi) is 5.39. The Balaban J connectivity index is 0.000000235. The summed E-state index contributed by atoms with van der Waals surface area (Å²) in [5.41, 5.74) is 0.544. The van der Waals surface area contributed by atoms with Crippen LogP contribution in [0.25, 0.3) is 0 Å². The first-order valence-electron chi connectivity index (χ1n) is 5.68. The minimum absolute atomic E-state index is 0.368. The number of phenols is 1. The first-order chi connectivity index (χ1) is 9.71. The molecule has 2 aromatic carbocycles. The lowest BCUT2D eigenvalue weighted by Gasteiger charge is -1.95. The number of hydrogen-bond donors (Lipinski definition) is 2. The summed E-state index contributed by atoms with van der Waals surface area (Å²) in [7, 11) is -4.36. The molecule has 0 saturated heterocycles. The Hall–Kier alpha value is -2.45. The molecule has 0 heterocycles. The predicted octanol–water partition coefficient (Wildman–Crippen LogP) is 2.54. The van der Waals surface area contributed by atoms with Crippen LogP contribution in [0.1, 0.15) is 5.56 Å². The molecule has 2 N–H and O–H groups in total. The van der Waals surface area contributed by atoms with Crippen LogP contribution < -0.4 is 0 Å². The van der Waals surface area contributed by atoms with E-state index in [0.717, 1.165) is 23.8 Å². The van der Waals surface area contributed by atoms with Gasteiger partial charge >= 0.3 is 0 Å². The van der Waals surface area contributed by atoms with Crippen molar-refractivity contribution in [3.05, 3.63) is 64.2 Å². The molecule has 0 amide bonds. The van der Waals surface area contributed by atoms with E-state index < -0.39 is 19.9 Å². The molecule has 0 fully saturated rings. The maximum Gasteiger partial charge on any atom is 0.294 e. The number of phenolic OH excluding ortho intramolecular Hbond substituents is 1. The molecule has 0 spiro atoms. The molecule has 0 atom stereocenters. The van der Waals surface area contributed by atoms with Gasteiger partial charge in [0.15, 0.2) is 0 Å². The summed E-state index contributed by atoms with van der Waals surface area (Å²) in [6.07, 6.45) is 0. The number of nitro benzene ring substituents is 1. The second kappa shape index (κ2) is 6.82. The molecule has 0 saturated carbocycles. The summed E-state index contributed by atoms with van der Waals surface area (Å²) >= 11 is 0. The Morgan fingerprint density at radius 2 is 1.71 bits per heavy atom. The third-order valence-corrected chi connectivity index (χ3v) is 3.29. The number of aromatic hydroxyl groups is 1. The van der Waals surface area contributed by atoms with E-state index >= 15 is 0 Å². The fourth-order valence-electron chi connectivity index (χ4n) is 1.32. The predicted molar refractivity (Wildman–Crippen MR) is 75.8 cm³/mol.